The van der Waals surface area contributed by atoms with Gasteiger partial charge in [0.15, 0.2) is 5.78 Å². The minimum absolute atomic E-state index is 0.000946. The van der Waals surface area contributed by atoms with Crippen LogP contribution in [0.4, 0.5) is 0 Å². The van der Waals surface area contributed by atoms with Gasteiger partial charge in [0, 0.05) is 23.2 Å². The smallest absolute Gasteiger partial charge is 0.266 e. The molecule has 0 bridgehead atoms. The summed E-state index contributed by atoms with van der Waals surface area (Å²) in [4.78, 5) is 26.2. The van der Waals surface area contributed by atoms with Gasteiger partial charge in [0.05, 0.1) is 6.10 Å². The maximum absolute atomic E-state index is 12.9. The summed E-state index contributed by atoms with van der Waals surface area (Å²) in [6.45, 7) is 2.87. The van der Waals surface area contributed by atoms with Crippen LogP contribution in [0.25, 0.3) is 0 Å². The van der Waals surface area contributed by atoms with Crippen LogP contribution in [-0.4, -0.2) is 41.9 Å². The van der Waals surface area contributed by atoms with Crippen LogP contribution in [0.5, 0.6) is 5.75 Å². The van der Waals surface area contributed by atoms with Crippen molar-refractivity contribution in [3.8, 4) is 5.75 Å². The number of hydrogen-bond donors (Lipinski definition) is 0. The van der Waals surface area contributed by atoms with E-state index < -0.39 is 6.10 Å². The Kier molecular flexibility index (Phi) is 5.51. The molecule has 1 amide bonds. The molecule has 0 N–H and O–H groups in total. The molecule has 0 saturated carbocycles. The number of carbonyl (C=O) groups is 2. The first-order chi connectivity index (χ1) is 13.5. The van der Waals surface area contributed by atoms with Crippen molar-refractivity contribution in [1.82, 2.24) is 4.90 Å². The van der Waals surface area contributed by atoms with Crippen molar-refractivity contribution in [3.05, 3.63) is 64.1 Å². The average molecular weight is 444 g/mol. The lowest BCUT2D eigenvalue weighted by Crippen LogP contribution is -2.62. The highest BCUT2D eigenvalue weighted by Crippen LogP contribution is 2.39. The molecule has 2 aromatic carbocycles. The zero-order chi connectivity index (χ0) is 19.7. The van der Waals surface area contributed by atoms with Gasteiger partial charge in [-0.25, -0.2) is 0 Å². The molecule has 28 heavy (non-hydrogen) atoms. The Morgan fingerprint density at radius 3 is 2.68 bits per heavy atom. The summed E-state index contributed by atoms with van der Waals surface area (Å²) in [5.41, 5.74) is 1.65. The van der Waals surface area contributed by atoms with Crippen LogP contribution in [0.15, 0.2) is 53.0 Å². The Balaban J connectivity index is 1.55. The van der Waals surface area contributed by atoms with E-state index in [9.17, 15) is 9.59 Å². The van der Waals surface area contributed by atoms with Crippen LogP contribution in [0.1, 0.15) is 41.7 Å². The van der Waals surface area contributed by atoms with Gasteiger partial charge in [0.1, 0.15) is 11.8 Å². The molecule has 3 atom stereocenters. The molecular weight excluding hydrogens is 422 g/mol. The molecule has 2 aliphatic heterocycles. The summed E-state index contributed by atoms with van der Waals surface area (Å²) >= 11 is 3.51. The molecule has 2 aromatic rings. The van der Waals surface area contributed by atoms with Gasteiger partial charge in [-0.1, -0.05) is 28.1 Å². The van der Waals surface area contributed by atoms with Crippen LogP contribution < -0.4 is 4.74 Å². The number of nitrogens with zero attached hydrogens (tertiary/aromatic N) is 1. The van der Waals surface area contributed by atoms with E-state index in [1.165, 1.54) is 6.92 Å². The van der Waals surface area contributed by atoms with Crippen molar-refractivity contribution in [1.29, 1.82) is 0 Å². The Labute approximate surface area is 172 Å². The second-order valence-corrected chi connectivity index (χ2v) is 8.16. The first kappa shape index (κ1) is 19.2. The molecule has 0 radical (unpaired) electrons. The zero-order valence-corrected chi connectivity index (χ0v) is 17.2. The number of ether oxygens (including phenoxy) is 2. The van der Waals surface area contributed by atoms with Crippen LogP contribution in [0, 0.1) is 0 Å². The molecule has 146 valence electrons. The van der Waals surface area contributed by atoms with Crippen molar-refractivity contribution in [2.24, 2.45) is 0 Å². The number of carbonyl (C=O) groups excluding carboxylic acids is 2. The zero-order valence-electron chi connectivity index (χ0n) is 15.6. The third kappa shape index (κ3) is 3.84. The molecule has 0 unspecified atom stereocenters. The van der Waals surface area contributed by atoms with Gasteiger partial charge in [0.2, 0.25) is 6.10 Å². The number of ketones is 1. The summed E-state index contributed by atoms with van der Waals surface area (Å²) in [6, 6.07) is 14.7. The van der Waals surface area contributed by atoms with E-state index >= 15 is 0 Å². The molecule has 2 fully saturated rings. The van der Waals surface area contributed by atoms with Crippen LogP contribution in [0.3, 0.4) is 0 Å². The van der Waals surface area contributed by atoms with Gasteiger partial charge in [-0.2, -0.15) is 0 Å². The molecule has 2 saturated heterocycles. The summed E-state index contributed by atoms with van der Waals surface area (Å²) in [5, 5.41) is 0. The van der Waals surface area contributed by atoms with Crippen LogP contribution in [-0.2, 0) is 9.53 Å². The Bertz CT molecular complexity index is 876. The standard InChI is InChI=1S/C22H22BrNO4/c1-14(25)15-7-9-18(10-8-15)28-21-20(16-4-2-5-17(23)12-16)24(22(21)26)13-19-6-3-11-27-19/h2,4-5,7-10,12,19-21H,3,6,11,13H2,1H3/t19-,20+,21-/m0/s1. The predicted molar refractivity (Wildman–Crippen MR) is 108 cm³/mol. The fourth-order valence-electron chi connectivity index (χ4n) is 3.80. The highest BCUT2D eigenvalue weighted by Gasteiger charge is 2.51. The summed E-state index contributed by atoms with van der Waals surface area (Å²) in [6.07, 6.45) is 1.53. The third-order valence-corrected chi connectivity index (χ3v) is 5.78. The van der Waals surface area contributed by atoms with E-state index in [-0.39, 0.29) is 23.8 Å². The van der Waals surface area contributed by atoms with E-state index in [4.69, 9.17) is 9.47 Å². The molecule has 2 aliphatic rings. The lowest BCUT2D eigenvalue weighted by atomic mass is 9.90. The lowest BCUT2D eigenvalue weighted by Gasteiger charge is -2.47. The van der Waals surface area contributed by atoms with Crippen molar-refractivity contribution in [2.75, 3.05) is 13.2 Å². The molecule has 0 aliphatic carbocycles. The van der Waals surface area contributed by atoms with Crippen molar-refractivity contribution in [3.63, 3.8) is 0 Å². The monoisotopic (exact) mass is 443 g/mol. The van der Waals surface area contributed by atoms with Gasteiger partial charge in [-0.15, -0.1) is 0 Å². The van der Waals surface area contributed by atoms with Gasteiger partial charge in [0.25, 0.3) is 5.91 Å². The fourth-order valence-corrected chi connectivity index (χ4v) is 4.22. The predicted octanol–water partition coefficient (Wildman–Crippen LogP) is 4.16. The molecule has 0 spiro atoms. The SMILES string of the molecule is CC(=O)c1ccc(O[C@@H]2C(=O)N(C[C@@H]3CCCO3)[C@@H]2c2cccc(Br)c2)cc1. The maximum atomic E-state index is 12.9. The number of likely N-dealkylation sites (tertiary alicyclic amines) is 1. The van der Waals surface area contributed by atoms with Gasteiger partial charge < -0.3 is 14.4 Å². The minimum Gasteiger partial charge on any atom is -0.478 e. The molecule has 2 heterocycles. The van der Waals surface area contributed by atoms with Crippen molar-refractivity contribution in [2.45, 2.75) is 38.0 Å². The number of hydrogen-bond acceptors (Lipinski definition) is 4. The molecular formula is C22H22BrNO4. The van der Waals surface area contributed by atoms with Gasteiger partial charge in [-0.05, 0) is 61.7 Å². The molecule has 6 heteroatoms. The van der Waals surface area contributed by atoms with Crippen LogP contribution in [0.2, 0.25) is 0 Å². The number of β-lactam (4-membered cyclic amide) rings is 1. The lowest BCUT2D eigenvalue weighted by molar-refractivity contribution is -0.167. The Hall–Kier alpha value is -2.18. The minimum atomic E-state index is -0.584. The number of rotatable bonds is 6. The van der Waals surface area contributed by atoms with Gasteiger partial charge >= 0.3 is 0 Å². The first-order valence-electron chi connectivity index (χ1n) is 9.48. The average Bonchev–Trinajstić information content (AvgIpc) is 3.20. The largest absolute Gasteiger partial charge is 0.478 e. The van der Waals surface area contributed by atoms with E-state index in [1.54, 1.807) is 24.3 Å². The topological polar surface area (TPSA) is 55.8 Å². The number of amides is 1. The molecule has 5 nitrogen and oxygen atoms in total. The van der Waals surface area contributed by atoms with E-state index in [1.807, 2.05) is 29.2 Å². The second-order valence-electron chi connectivity index (χ2n) is 7.24. The summed E-state index contributed by atoms with van der Waals surface area (Å²) in [7, 11) is 0. The van der Waals surface area contributed by atoms with E-state index in [2.05, 4.69) is 15.9 Å². The highest BCUT2D eigenvalue weighted by atomic mass is 79.9. The quantitative estimate of drug-likeness (QED) is 0.496. The molecule has 0 aromatic heterocycles. The maximum Gasteiger partial charge on any atom is 0.266 e. The normalized spacial score (nSPS) is 24.1. The number of benzene rings is 2. The highest BCUT2D eigenvalue weighted by molar-refractivity contribution is 9.10. The number of Topliss-reactive ketones (excluding diaryl/α,β-unsaturated/α-hetero) is 1. The second kappa shape index (κ2) is 8.05. The first-order valence-corrected chi connectivity index (χ1v) is 10.3. The van der Waals surface area contributed by atoms with Crippen molar-refractivity contribution < 1.29 is 19.1 Å². The van der Waals surface area contributed by atoms with Crippen molar-refractivity contribution >= 4 is 27.6 Å². The summed E-state index contributed by atoms with van der Waals surface area (Å²) < 4.78 is 12.7. The Morgan fingerprint density at radius 1 is 1.25 bits per heavy atom. The van der Waals surface area contributed by atoms with E-state index in [0.717, 1.165) is 29.5 Å². The third-order valence-electron chi connectivity index (χ3n) is 5.29. The molecule has 4 rings (SSSR count). The van der Waals surface area contributed by atoms with Crippen LogP contribution >= 0.6 is 15.9 Å². The fraction of sp³-hybridized carbons (Fsp3) is 0.364. The van der Waals surface area contributed by atoms with Gasteiger partial charge in [-0.3, -0.25) is 9.59 Å². The summed E-state index contributed by atoms with van der Waals surface area (Å²) in [5.74, 6) is 0.553. The number of halogens is 1. The van der Waals surface area contributed by atoms with E-state index in [0.29, 0.717) is 17.9 Å². The Morgan fingerprint density at radius 2 is 2.04 bits per heavy atom.